The van der Waals surface area contributed by atoms with Gasteiger partial charge in [0.2, 0.25) is 0 Å². The number of hydrogen-bond donors (Lipinski definition) is 0. The quantitative estimate of drug-likeness (QED) is 0.787. The topological polar surface area (TPSA) is 33.2 Å². The minimum atomic E-state index is -4.23. The van der Waals surface area contributed by atoms with Crippen LogP contribution in [0.4, 0.5) is 13.2 Å². The molecule has 0 aromatic carbocycles. The summed E-state index contributed by atoms with van der Waals surface area (Å²) in [6, 6.07) is 3.28. The van der Waals surface area contributed by atoms with Crippen LogP contribution in [0.2, 0.25) is 0 Å². The van der Waals surface area contributed by atoms with Crippen LogP contribution in [0.5, 0.6) is 0 Å². The van der Waals surface area contributed by atoms with E-state index in [9.17, 15) is 18.0 Å². The SMILES string of the molecule is Cc1ccc(C(=O)N2CCCC(C(F)(F)F)C2)cn1. The molecule has 1 aromatic rings. The molecule has 1 aliphatic heterocycles. The predicted molar refractivity (Wildman–Crippen MR) is 63.7 cm³/mol. The molecule has 6 heteroatoms. The van der Waals surface area contributed by atoms with Crippen molar-refractivity contribution in [1.82, 2.24) is 9.88 Å². The molecule has 1 saturated heterocycles. The van der Waals surface area contributed by atoms with Gasteiger partial charge in [0.1, 0.15) is 0 Å². The monoisotopic (exact) mass is 272 g/mol. The summed E-state index contributed by atoms with van der Waals surface area (Å²) in [6.45, 7) is 1.91. The summed E-state index contributed by atoms with van der Waals surface area (Å²) in [5, 5.41) is 0. The second kappa shape index (κ2) is 5.19. The first kappa shape index (κ1) is 13.8. The van der Waals surface area contributed by atoms with Crippen LogP contribution in [0.1, 0.15) is 28.9 Å². The largest absolute Gasteiger partial charge is 0.393 e. The molecule has 104 valence electrons. The molecule has 1 aromatic heterocycles. The second-order valence-electron chi connectivity index (χ2n) is 4.82. The third-order valence-corrected chi connectivity index (χ3v) is 3.33. The number of piperidine rings is 1. The third kappa shape index (κ3) is 3.24. The van der Waals surface area contributed by atoms with E-state index in [-0.39, 0.29) is 18.9 Å². The molecule has 0 N–H and O–H groups in total. The number of rotatable bonds is 1. The van der Waals surface area contributed by atoms with Crippen LogP contribution in [0, 0.1) is 12.8 Å². The Morgan fingerprint density at radius 2 is 2.16 bits per heavy atom. The maximum Gasteiger partial charge on any atom is 0.393 e. The summed E-state index contributed by atoms with van der Waals surface area (Å²) in [6.07, 6.45) is -2.34. The Hall–Kier alpha value is -1.59. The Kier molecular flexibility index (Phi) is 3.78. The maximum atomic E-state index is 12.7. The highest BCUT2D eigenvalue weighted by molar-refractivity contribution is 5.94. The van der Waals surface area contributed by atoms with E-state index in [1.54, 1.807) is 19.1 Å². The van der Waals surface area contributed by atoms with Gasteiger partial charge in [-0.05, 0) is 31.9 Å². The molecule has 3 nitrogen and oxygen atoms in total. The van der Waals surface area contributed by atoms with E-state index in [0.717, 1.165) is 5.69 Å². The van der Waals surface area contributed by atoms with Crippen molar-refractivity contribution >= 4 is 5.91 Å². The van der Waals surface area contributed by atoms with E-state index in [4.69, 9.17) is 0 Å². The molecular weight excluding hydrogens is 257 g/mol. The molecule has 1 aliphatic rings. The zero-order valence-electron chi connectivity index (χ0n) is 10.6. The van der Waals surface area contributed by atoms with Gasteiger partial charge in [0.05, 0.1) is 11.5 Å². The first-order valence-electron chi connectivity index (χ1n) is 6.16. The molecule has 0 saturated carbocycles. The van der Waals surface area contributed by atoms with Crippen LogP contribution < -0.4 is 0 Å². The van der Waals surface area contributed by atoms with E-state index in [1.807, 2.05) is 0 Å². The van der Waals surface area contributed by atoms with E-state index >= 15 is 0 Å². The van der Waals surface area contributed by atoms with Crippen LogP contribution in [-0.4, -0.2) is 35.1 Å². The highest BCUT2D eigenvalue weighted by Crippen LogP contribution is 2.33. The summed E-state index contributed by atoms with van der Waals surface area (Å²) in [5.41, 5.74) is 1.11. The number of carbonyl (C=O) groups is 1. The molecule has 0 bridgehead atoms. The Labute approximate surface area is 109 Å². The highest BCUT2D eigenvalue weighted by atomic mass is 19.4. The lowest BCUT2D eigenvalue weighted by atomic mass is 9.97. The van der Waals surface area contributed by atoms with E-state index in [1.165, 1.54) is 11.1 Å². The van der Waals surface area contributed by atoms with Crippen molar-refractivity contribution < 1.29 is 18.0 Å². The number of hydrogen-bond acceptors (Lipinski definition) is 2. The van der Waals surface area contributed by atoms with Gasteiger partial charge in [-0.1, -0.05) is 0 Å². The van der Waals surface area contributed by atoms with Gasteiger partial charge in [0.25, 0.3) is 5.91 Å². The van der Waals surface area contributed by atoms with Gasteiger partial charge in [0, 0.05) is 25.0 Å². The molecule has 1 unspecified atom stereocenters. The number of nitrogens with zero attached hydrogens (tertiary/aromatic N) is 2. The molecule has 0 aliphatic carbocycles. The van der Waals surface area contributed by atoms with Gasteiger partial charge in [0.15, 0.2) is 0 Å². The van der Waals surface area contributed by atoms with Crippen molar-refractivity contribution in [2.75, 3.05) is 13.1 Å². The average molecular weight is 272 g/mol. The zero-order valence-corrected chi connectivity index (χ0v) is 10.6. The molecular formula is C13H15F3N2O. The Morgan fingerprint density at radius 3 is 2.74 bits per heavy atom. The Morgan fingerprint density at radius 1 is 1.42 bits per heavy atom. The lowest BCUT2D eigenvalue weighted by molar-refractivity contribution is -0.184. The number of aryl methyl sites for hydroxylation is 1. The summed E-state index contributed by atoms with van der Waals surface area (Å²) < 4.78 is 38.0. The predicted octanol–water partition coefficient (Wildman–Crippen LogP) is 2.80. The van der Waals surface area contributed by atoms with Gasteiger partial charge < -0.3 is 4.90 Å². The molecule has 1 fully saturated rings. The fourth-order valence-electron chi connectivity index (χ4n) is 2.21. The van der Waals surface area contributed by atoms with Gasteiger partial charge in [-0.15, -0.1) is 0 Å². The standard InChI is InChI=1S/C13H15F3N2O/c1-9-4-5-10(7-17-9)12(19)18-6-2-3-11(8-18)13(14,15)16/h4-5,7,11H,2-3,6,8H2,1H3. The van der Waals surface area contributed by atoms with E-state index in [2.05, 4.69) is 4.98 Å². The van der Waals surface area contributed by atoms with E-state index in [0.29, 0.717) is 18.5 Å². The molecule has 2 heterocycles. The zero-order chi connectivity index (χ0) is 14.0. The highest BCUT2D eigenvalue weighted by Gasteiger charge is 2.42. The van der Waals surface area contributed by atoms with Crippen molar-refractivity contribution in [3.63, 3.8) is 0 Å². The molecule has 2 rings (SSSR count). The minimum absolute atomic E-state index is 0.0967. The summed E-state index contributed by atoms with van der Waals surface area (Å²) in [4.78, 5) is 17.4. The summed E-state index contributed by atoms with van der Waals surface area (Å²) in [7, 11) is 0. The number of alkyl halides is 3. The fourth-order valence-corrected chi connectivity index (χ4v) is 2.21. The molecule has 0 radical (unpaired) electrons. The molecule has 1 amide bonds. The van der Waals surface area contributed by atoms with Crippen LogP contribution in [0.25, 0.3) is 0 Å². The lowest BCUT2D eigenvalue weighted by Gasteiger charge is -2.33. The summed E-state index contributed by atoms with van der Waals surface area (Å²) >= 11 is 0. The average Bonchev–Trinajstić information content (AvgIpc) is 2.38. The van der Waals surface area contributed by atoms with Crippen LogP contribution in [-0.2, 0) is 0 Å². The molecule has 1 atom stereocenters. The van der Waals surface area contributed by atoms with Crippen molar-refractivity contribution in [2.45, 2.75) is 25.9 Å². The number of likely N-dealkylation sites (tertiary alicyclic amines) is 1. The number of carbonyl (C=O) groups excluding carboxylic acids is 1. The van der Waals surface area contributed by atoms with Crippen molar-refractivity contribution in [3.05, 3.63) is 29.6 Å². The van der Waals surface area contributed by atoms with Gasteiger partial charge in [-0.2, -0.15) is 13.2 Å². The van der Waals surface area contributed by atoms with Crippen LogP contribution in [0.3, 0.4) is 0 Å². The fraction of sp³-hybridized carbons (Fsp3) is 0.538. The van der Waals surface area contributed by atoms with Crippen molar-refractivity contribution in [2.24, 2.45) is 5.92 Å². The van der Waals surface area contributed by atoms with Crippen molar-refractivity contribution in [3.8, 4) is 0 Å². The second-order valence-corrected chi connectivity index (χ2v) is 4.82. The number of amides is 1. The smallest absolute Gasteiger partial charge is 0.338 e. The van der Waals surface area contributed by atoms with Crippen LogP contribution >= 0.6 is 0 Å². The van der Waals surface area contributed by atoms with Gasteiger partial charge in [-0.3, -0.25) is 9.78 Å². The summed E-state index contributed by atoms with van der Waals surface area (Å²) in [5.74, 6) is -1.79. The molecule has 0 spiro atoms. The first-order chi connectivity index (χ1) is 8.88. The first-order valence-corrected chi connectivity index (χ1v) is 6.16. The number of pyridine rings is 1. The third-order valence-electron chi connectivity index (χ3n) is 3.33. The van der Waals surface area contributed by atoms with Crippen LogP contribution in [0.15, 0.2) is 18.3 Å². The number of aromatic nitrogens is 1. The Balaban J connectivity index is 2.09. The maximum absolute atomic E-state index is 12.7. The van der Waals surface area contributed by atoms with E-state index < -0.39 is 12.1 Å². The molecule has 19 heavy (non-hydrogen) atoms. The van der Waals surface area contributed by atoms with Crippen molar-refractivity contribution in [1.29, 1.82) is 0 Å². The minimum Gasteiger partial charge on any atom is -0.338 e. The lowest BCUT2D eigenvalue weighted by Crippen LogP contribution is -2.44. The van der Waals surface area contributed by atoms with Gasteiger partial charge in [-0.25, -0.2) is 0 Å². The number of halogens is 3. The Bertz CT molecular complexity index is 456. The van der Waals surface area contributed by atoms with Gasteiger partial charge >= 0.3 is 6.18 Å². The normalized spacial score (nSPS) is 20.4.